The summed E-state index contributed by atoms with van der Waals surface area (Å²) in [5.41, 5.74) is -0.977. The lowest BCUT2D eigenvalue weighted by Crippen LogP contribution is -2.04. The summed E-state index contributed by atoms with van der Waals surface area (Å²) >= 11 is 50.0. The van der Waals surface area contributed by atoms with E-state index in [9.17, 15) is 20.4 Å². The number of fused-ring (bicyclic) bond motifs is 1. The van der Waals surface area contributed by atoms with Crippen LogP contribution in [0, 0.1) is 22.7 Å². The molecule has 0 spiro atoms. The van der Waals surface area contributed by atoms with Gasteiger partial charge in [0.1, 0.15) is 12.1 Å². The van der Waals surface area contributed by atoms with Crippen LogP contribution in [0.2, 0.25) is 40.2 Å². The first-order chi connectivity index (χ1) is 16.0. The van der Waals surface area contributed by atoms with Crippen molar-refractivity contribution in [2.45, 2.75) is 0 Å². The summed E-state index contributed by atoms with van der Waals surface area (Å²) in [6.45, 7) is 0. The van der Waals surface area contributed by atoms with Crippen molar-refractivity contribution < 1.29 is 9.90 Å². The Balaban J connectivity index is 2.04. The third kappa shape index (κ3) is 3.45. The van der Waals surface area contributed by atoms with Crippen molar-refractivity contribution in [3.63, 3.8) is 0 Å². The number of aliphatic imine (C=N–C) groups is 1. The number of halogens is 8. The normalized spacial score (nSPS) is 12.4. The Labute approximate surface area is 230 Å². The molecule has 0 saturated carbocycles. The van der Waals surface area contributed by atoms with E-state index < -0.39 is 11.8 Å². The van der Waals surface area contributed by atoms with E-state index in [0.717, 1.165) is 0 Å². The SMILES string of the molecule is N#Cc1c(Cl)c(Cl)c(C2=NC(=O)c3c(-c4c(Cl)c(Cl)c(C#N)c(Cl)c4Cl)[nH]c(O)c32)c(Cl)c1Cl. The second-order valence-electron chi connectivity index (χ2n) is 6.60. The Bertz CT molecular complexity index is 1540. The first kappa shape index (κ1) is 25.3. The molecule has 0 unspecified atom stereocenters. The average molecular weight is 614 g/mol. The zero-order valence-corrected chi connectivity index (χ0v) is 21.8. The van der Waals surface area contributed by atoms with Gasteiger partial charge >= 0.3 is 0 Å². The van der Waals surface area contributed by atoms with Crippen molar-refractivity contribution in [3.8, 4) is 29.3 Å². The molecule has 1 aromatic heterocycles. The second kappa shape index (κ2) is 8.99. The van der Waals surface area contributed by atoms with Crippen LogP contribution in [0.1, 0.15) is 32.6 Å². The maximum Gasteiger partial charge on any atom is 0.280 e. The number of H-pyrrole nitrogens is 1. The predicted octanol–water partition coefficient (Wildman–Crippen LogP) is 8.35. The van der Waals surface area contributed by atoms with Crippen LogP contribution < -0.4 is 0 Å². The molecule has 0 radical (unpaired) electrons. The number of carbonyl (C=O) groups is 1. The first-order valence-electron chi connectivity index (χ1n) is 8.58. The third-order valence-electron chi connectivity index (χ3n) is 4.88. The third-order valence-corrected chi connectivity index (χ3v) is 8.29. The van der Waals surface area contributed by atoms with Gasteiger partial charge in [-0.3, -0.25) is 4.79 Å². The van der Waals surface area contributed by atoms with Crippen molar-refractivity contribution in [1.29, 1.82) is 10.5 Å². The molecule has 2 aromatic carbocycles. The minimum atomic E-state index is -0.830. The molecule has 0 aliphatic carbocycles. The Morgan fingerprint density at radius 3 is 1.47 bits per heavy atom. The van der Waals surface area contributed by atoms with Crippen LogP contribution in [0.5, 0.6) is 5.88 Å². The maximum atomic E-state index is 13.0. The Morgan fingerprint density at radius 2 is 1.06 bits per heavy atom. The number of carbonyl (C=O) groups excluding carboxylic acids is 1. The van der Waals surface area contributed by atoms with E-state index in [1.54, 1.807) is 12.1 Å². The van der Waals surface area contributed by atoms with Crippen molar-refractivity contribution in [2.75, 3.05) is 0 Å². The van der Waals surface area contributed by atoms with E-state index in [1.807, 2.05) is 0 Å². The molecule has 34 heavy (non-hydrogen) atoms. The second-order valence-corrected chi connectivity index (χ2v) is 9.62. The Kier molecular flexibility index (Phi) is 6.68. The van der Waals surface area contributed by atoms with Gasteiger partial charge in [-0.1, -0.05) is 92.8 Å². The summed E-state index contributed by atoms with van der Waals surface area (Å²) in [5, 5.41) is 27.6. The lowest BCUT2D eigenvalue weighted by Gasteiger charge is -2.12. The standard InChI is InChI=1S/C20H2Cl8N4O2/c21-9-3(1-29)10(22)14(26)7(13(9)25)17-5-6(20(34)31-17)18(32-19(5)33)8-15(27)11(23)4(2-30)12(24)16(8)28/h31,34H. The van der Waals surface area contributed by atoms with Gasteiger partial charge in [0.25, 0.3) is 5.91 Å². The molecule has 2 N–H and O–H groups in total. The lowest BCUT2D eigenvalue weighted by molar-refractivity contribution is 0.101. The summed E-state index contributed by atoms with van der Waals surface area (Å²) in [5.74, 6) is -1.36. The van der Waals surface area contributed by atoms with E-state index in [0.29, 0.717) is 0 Å². The molecule has 0 fully saturated rings. The van der Waals surface area contributed by atoms with Crippen LogP contribution in [0.3, 0.4) is 0 Å². The van der Waals surface area contributed by atoms with Crippen molar-refractivity contribution >= 4 is 104 Å². The predicted molar refractivity (Wildman–Crippen MR) is 134 cm³/mol. The minimum Gasteiger partial charge on any atom is -0.494 e. The van der Waals surface area contributed by atoms with Gasteiger partial charge in [0, 0.05) is 11.1 Å². The number of hydrogen-bond donors (Lipinski definition) is 2. The summed E-state index contributed by atoms with van der Waals surface area (Å²) < 4.78 is 0. The quantitative estimate of drug-likeness (QED) is 0.283. The van der Waals surface area contributed by atoms with Gasteiger partial charge < -0.3 is 10.1 Å². The van der Waals surface area contributed by atoms with Gasteiger partial charge in [0.2, 0.25) is 0 Å². The highest BCUT2D eigenvalue weighted by atomic mass is 35.5. The monoisotopic (exact) mass is 610 g/mol. The molecule has 0 bridgehead atoms. The Hall–Kier alpha value is -1.84. The fourth-order valence-corrected chi connectivity index (χ4v) is 5.64. The zero-order valence-electron chi connectivity index (χ0n) is 15.7. The van der Waals surface area contributed by atoms with E-state index >= 15 is 0 Å². The van der Waals surface area contributed by atoms with Gasteiger partial charge in [-0.25, -0.2) is 4.99 Å². The molecule has 6 nitrogen and oxygen atoms in total. The molecule has 3 aromatic rings. The molecule has 0 saturated heterocycles. The van der Waals surface area contributed by atoms with E-state index in [2.05, 4.69) is 9.98 Å². The molecule has 14 heteroatoms. The fourth-order valence-electron chi connectivity index (χ4n) is 3.40. The molecular weight excluding hydrogens is 612 g/mol. The molecule has 0 atom stereocenters. The number of hydrogen-bond acceptors (Lipinski definition) is 4. The van der Waals surface area contributed by atoms with Gasteiger partial charge in [0.05, 0.1) is 73.8 Å². The van der Waals surface area contributed by atoms with E-state index in [1.165, 1.54) is 0 Å². The van der Waals surface area contributed by atoms with Crippen LogP contribution >= 0.6 is 92.8 Å². The van der Waals surface area contributed by atoms with Crippen LogP contribution in [-0.2, 0) is 0 Å². The van der Waals surface area contributed by atoms with E-state index in [4.69, 9.17) is 92.8 Å². The zero-order chi connectivity index (χ0) is 25.2. The molecule has 170 valence electrons. The number of nitriles is 2. The number of aromatic amines is 1. The first-order valence-corrected chi connectivity index (χ1v) is 11.6. The van der Waals surface area contributed by atoms with Crippen LogP contribution in [0.15, 0.2) is 4.99 Å². The van der Waals surface area contributed by atoms with Crippen LogP contribution in [-0.4, -0.2) is 21.7 Å². The maximum absolute atomic E-state index is 13.0. The van der Waals surface area contributed by atoms with Gasteiger partial charge in [0.15, 0.2) is 5.88 Å². The number of benzene rings is 2. The van der Waals surface area contributed by atoms with Crippen molar-refractivity contribution in [1.82, 2.24) is 4.98 Å². The summed E-state index contributed by atoms with van der Waals surface area (Å²) in [4.78, 5) is 19.5. The molecule has 1 aliphatic rings. The highest BCUT2D eigenvalue weighted by Crippen LogP contribution is 2.50. The minimum absolute atomic E-state index is 0.0493. The number of rotatable bonds is 2. The van der Waals surface area contributed by atoms with Crippen LogP contribution in [0.25, 0.3) is 11.3 Å². The molecule has 1 aliphatic heterocycles. The number of amides is 1. The summed E-state index contributed by atoms with van der Waals surface area (Å²) in [6.07, 6.45) is 0. The number of nitrogens with zero attached hydrogens (tertiary/aromatic N) is 3. The molecule has 4 rings (SSSR count). The number of nitrogens with one attached hydrogen (secondary N) is 1. The van der Waals surface area contributed by atoms with Crippen molar-refractivity contribution in [2.24, 2.45) is 4.99 Å². The van der Waals surface area contributed by atoms with Crippen molar-refractivity contribution in [3.05, 3.63) is 68.0 Å². The average Bonchev–Trinajstić information content (AvgIpc) is 3.31. The fraction of sp³-hybridized carbons (Fsp3) is 0. The molecule has 2 heterocycles. The number of aromatic hydroxyl groups is 1. The number of aromatic nitrogens is 1. The Morgan fingerprint density at radius 1 is 0.647 bits per heavy atom. The molecule has 1 amide bonds. The van der Waals surface area contributed by atoms with E-state index in [-0.39, 0.29) is 85.0 Å². The summed E-state index contributed by atoms with van der Waals surface area (Å²) in [7, 11) is 0. The molecular formula is C20H2Cl8N4O2. The van der Waals surface area contributed by atoms with Gasteiger partial charge in [-0.2, -0.15) is 10.5 Å². The van der Waals surface area contributed by atoms with Gasteiger partial charge in [-0.15, -0.1) is 0 Å². The smallest absolute Gasteiger partial charge is 0.280 e. The topological polar surface area (TPSA) is 113 Å². The highest BCUT2D eigenvalue weighted by Gasteiger charge is 2.38. The van der Waals surface area contributed by atoms with Gasteiger partial charge in [-0.05, 0) is 0 Å². The summed E-state index contributed by atoms with van der Waals surface area (Å²) in [6, 6.07) is 3.58. The van der Waals surface area contributed by atoms with Crippen LogP contribution in [0.4, 0.5) is 0 Å². The highest BCUT2D eigenvalue weighted by molar-refractivity contribution is 6.54. The largest absolute Gasteiger partial charge is 0.494 e. The lowest BCUT2D eigenvalue weighted by atomic mass is 9.98.